The van der Waals surface area contributed by atoms with E-state index in [4.69, 9.17) is 4.74 Å². The zero-order valence-electron chi connectivity index (χ0n) is 14.0. The standard InChI is InChI=1S/C17H30N2O2/c1-13(2)16(3)11-17(7-8-17)12-19(16)15(20)21-14-5-9-18(4)10-6-14/h13-14H,5-12H2,1-4H3. The molecule has 21 heavy (non-hydrogen) atoms. The fourth-order valence-corrected chi connectivity index (χ4v) is 4.04. The number of piperidine rings is 1. The molecule has 0 aromatic heterocycles. The summed E-state index contributed by atoms with van der Waals surface area (Å²) < 4.78 is 5.85. The molecule has 3 aliphatic rings. The van der Waals surface area contributed by atoms with Crippen LogP contribution in [0.15, 0.2) is 0 Å². The minimum absolute atomic E-state index is 0.0287. The van der Waals surface area contributed by atoms with Crippen molar-refractivity contribution in [3.05, 3.63) is 0 Å². The zero-order valence-corrected chi connectivity index (χ0v) is 14.0. The molecule has 120 valence electrons. The van der Waals surface area contributed by atoms with Gasteiger partial charge in [-0.1, -0.05) is 13.8 Å². The molecule has 1 saturated carbocycles. The molecule has 3 rings (SSSR count). The number of carbonyl (C=O) groups is 1. The monoisotopic (exact) mass is 294 g/mol. The lowest BCUT2D eigenvalue weighted by molar-refractivity contribution is 0.0110. The third kappa shape index (κ3) is 2.79. The lowest BCUT2D eigenvalue weighted by Crippen LogP contribution is -2.50. The molecule has 0 bridgehead atoms. The molecule has 0 N–H and O–H groups in total. The molecule has 0 radical (unpaired) electrons. The van der Waals surface area contributed by atoms with E-state index < -0.39 is 0 Å². The van der Waals surface area contributed by atoms with Crippen molar-refractivity contribution in [1.82, 2.24) is 9.80 Å². The molecule has 4 nitrogen and oxygen atoms in total. The number of amides is 1. The van der Waals surface area contributed by atoms with Crippen LogP contribution in [0.1, 0.15) is 52.9 Å². The van der Waals surface area contributed by atoms with Crippen molar-refractivity contribution in [3.8, 4) is 0 Å². The summed E-state index contributed by atoms with van der Waals surface area (Å²) in [5.41, 5.74) is 0.393. The fourth-order valence-electron chi connectivity index (χ4n) is 4.04. The number of hydrogen-bond acceptors (Lipinski definition) is 3. The number of ether oxygens (including phenoxy) is 1. The smallest absolute Gasteiger partial charge is 0.410 e. The lowest BCUT2D eigenvalue weighted by atomic mass is 9.83. The van der Waals surface area contributed by atoms with Crippen LogP contribution < -0.4 is 0 Å². The molecular formula is C17H30N2O2. The highest BCUT2D eigenvalue weighted by molar-refractivity contribution is 5.70. The molecule has 1 unspecified atom stereocenters. The summed E-state index contributed by atoms with van der Waals surface area (Å²) in [6.07, 6.45) is 5.71. The molecule has 4 heteroatoms. The second-order valence-corrected chi connectivity index (χ2v) is 8.16. The van der Waals surface area contributed by atoms with Gasteiger partial charge in [0.2, 0.25) is 0 Å². The van der Waals surface area contributed by atoms with Crippen LogP contribution in [0.4, 0.5) is 4.79 Å². The Labute approximate surface area is 128 Å². The molecule has 2 aliphatic heterocycles. The molecule has 1 atom stereocenters. The highest BCUT2D eigenvalue weighted by atomic mass is 16.6. The molecule has 1 spiro atoms. The maximum atomic E-state index is 12.7. The van der Waals surface area contributed by atoms with Crippen molar-refractivity contribution in [1.29, 1.82) is 0 Å². The SMILES string of the molecule is CC(C)C1(C)CC2(CC2)CN1C(=O)OC1CCN(C)CC1. The molecule has 3 fully saturated rings. The van der Waals surface area contributed by atoms with E-state index in [1.807, 2.05) is 0 Å². The topological polar surface area (TPSA) is 32.8 Å². The van der Waals surface area contributed by atoms with Gasteiger partial charge in [0.25, 0.3) is 0 Å². The van der Waals surface area contributed by atoms with Gasteiger partial charge >= 0.3 is 6.09 Å². The lowest BCUT2D eigenvalue weighted by Gasteiger charge is -2.39. The van der Waals surface area contributed by atoms with Gasteiger partial charge in [-0.2, -0.15) is 0 Å². The molecule has 0 aromatic rings. The number of likely N-dealkylation sites (tertiary alicyclic amines) is 2. The second kappa shape index (κ2) is 5.15. The van der Waals surface area contributed by atoms with Crippen LogP contribution in [0.25, 0.3) is 0 Å². The normalized spacial score (nSPS) is 32.9. The first-order valence-electron chi connectivity index (χ1n) is 8.51. The Morgan fingerprint density at radius 3 is 2.38 bits per heavy atom. The average Bonchev–Trinajstić information content (AvgIpc) is 3.09. The Kier molecular flexibility index (Phi) is 3.71. The number of nitrogens with zero attached hydrogens (tertiary/aromatic N) is 2. The first-order chi connectivity index (χ1) is 9.85. The van der Waals surface area contributed by atoms with E-state index in [1.165, 1.54) is 12.8 Å². The van der Waals surface area contributed by atoms with E-state index in [1.54, 1.807) is 0 Å². The number of carbonyl (C=O) groups excluding carboxylic acids is 1. The predicted molar refractivity (Wildman–Crippen MR) is 83.2 cm³/mol. The van der Waals surface area contributed by atoms with Gasteiger partial charge in [0.1, 0.15) is 6.10 Å². The van der Waals surface area contributed by atoms with Gasteiger partial charge in [0.05, 0.1) is 0 Å². The van der Waals surface area contributed by atoms with Crippen molar-refractivity contribution in [2.75, 3.05) is 26.7 Å². The highest BCUT2D eigenvalue weighted by Crippen LogP contribution is 2.59. The van der Waals surface area contributed by atoms with E-state index in [-0.39, 0.29) is 17.7 Å². The van der Waals surface area contributed by atoms with Crippen molar-refractivity contribution in [2.24, 2.45) is 11.3 Å². The van der Waals surface area contributed by atoms with Gasteiger partial charge < -0.3 is 14.5 Å². The third-order valence-corrected chi connectivity index (χ3v) is 6.20. The maximum absolute atomic E-state index is 12.7. The summed E-state index contributed by atoms with van der Waals surface area (Å²) in [6.45, 7) is 9.69. The summed E-state index contributed by atoms with van der Waals surface area (Å²) in [7, 11) is 2.13. The van der Waals surface area contributed by atoms with Gasteiger partial charge in [-0.15, -0.1) is 0 Å². The summed E-state index contributed by atoms with van der Waals surface area (Å²) in [4.78, 5) is 17.1. The first kappa shape index (κ1) is 15.1. The van der Waals surface area contributed by atoms with E-state index in [2.05, 4.69) is 37.6 Å². The fraction of sp³-hybridized carbons (Fsp3) is 0.941. The Balaban J connectivity index is 1.65. The summed E-state index contributed by atoms with van der Waals surface area (Å²) in [5.74, 6) is 0.475. The summed E-state index contributed by atoms with van der Waals surface area (Å²) >= 11 is 0. The minimum atomic E-state index is -0.0653. The Bertz CT molecular complexity index is 411. The van der Waals surface area contributed by atoms with Gasteiger partial charge in [0, 0.05) is 25.2 Å². The second-order valence-electron chi connectivity index (χ2n) is 8.16. The van der Waals surface area contributed by atoms with Crippen LogP contribution in [0.3, 0.4) is 0 Å². The van der Waals surface area contributed by atoms with Crippen LogP contribution >= 0.6 is 0 Å². The predicted octanol–water partition coefficient (Wildman–Crippen LogP) is 3.12. The Hall–Kier alpha value is -0.770. The number of rotatable bonds is 2. The quantitative estimate of drug-likeness (QED) is 0.784. The van der Waals surface area contributed by atoms with Gasteiger partial charge in [-0.25, -0.2) is 4.79 Å². The van der Waals surface area contributed by atoms with E-state index >= 15 is 0 Å². The molecule has 0 aromatic carbocycles. The number of hydrogen-bond donors (Lipinski definition) is 0. The van der Waals surface area contributed by atoms with Gasteiger partial charge in [-0.05, 0) is 57.4 Å². The van der Waals surface area contributed by atoms with Crippen LogP contribution in [0, 0.1) is 11.3 Å². The van der Waals surface area contributed by atoms with Crippen LogP contribution in [-0.2, 0) is 4.74 Å². The van der Waals surface area contributed by atoms with E-state index in [0.29, 0.717) is 11.3 Å². The Morgan fingerprint density at radius 2 is 1.86 bits per heavy atom. The van der Waals surface area contributed by atoms with Crippen LogP contribution in [0.2, 0.25) is 0 Å². The molecule has 2 saturated heterocycles. The maximum Gasteiger partial charge on any atom is 0.410 e. The summed E-state index contributed by atoms with van der Waals surface area (Å²) in [5, 5.41) is 0. The van der Waals surface area contributed by atoms with Crippen molar-refractivity contribution >= 4 is 6.09 Å². The van der Waals surface area contributed by atoms with Crippen LogP contribution in [0.5, 0.6) is 0 Å². The van der Waals surface area contributed by atoms with Gasteiger partial charge in [-0.3, -0.25) is 0 Å². The third-order valence-electron chi connectivity index (χ3n) is 6.20. The van der Waals surface area contributed by atoms with Crippen molar-refractivity contribution in [3.63, 3.8) is 0 Å². The van der Waals surface area contributed by atoms with Crippen molar-refractivity contribution < 1.29 is 9.53 Å². The van der Waals surface area contributed by atoms with Crippen LogP contribution in [-0.4, -0.2) is 54.2 Å². The molecule has 1 amide bonds. The molecular weight excluding hydrogens is 264 g/mol. The zero-order chi connectivity index (χ0) is 15.3. The Morgan fingerprint density at radius 1 is 1.24 bits per heavy atom. The van der Waals surface area contributed by atoms with Gasteiger partial charge in [0.15, 0.2) is 0 Å². The minimum Gasteiger partial charge on any atom is -0.446 e. The largest absolute Gasteiger partial charge is 0.446 e. The highest BCUT2D eigenvalue weighted by Gasteiger charge is 2.59. The summed E-state index contributed by atoms with van der Waals surface area (Å²) in [6, 6.07) is 0. The molecule has 1 aliphatic carbocycles. The average molecular weight is 294 g/mol. The van der Waals surface area contributed by atoms with E-state index in [9.17, 15) is 4.79 Å². The van der Waals surface area contributed by atoms with E-state index in [0.717, 1.165) is 38.9 Å². The molecule has 2 heterocycles. The van der Waals surface area contributed by atoms with Crippen molar-refractivity contribution in [2.45, 2.75) is 64.5 Å². The first-order valence-corrected chi connectivity index (χ1v) is 8.51.